The molecule has 1 heterocycles. The first-order valence-corrected chi connectivity index (χ1v) is 12.0. The van der Waals surface area contributed by atoms with Crippen molar-refractivity contribution in [1.29, 1.82) is 0 Å². The highest BCUT2D eigenvalue weighted by molar-refractivity contribution is 7.86. The topological polar surface area (TPSA) is 68.5 Å². The molecule has 3 aromatic carbocycles. The minimum Gasteiger partial charge on any atom is -0.388 e. The van der Waals surface area contributed by atoms with E-state index in [1.165, 1.54) is 12.1 Å². The van der Waals surface area contributed by atoms with E-state index in [1.54, 1.807) is 18.2 Å². The standard InChI is InChI=1S/C25H24ClNO4S/c1-17-8-11-21(12-9-17)32(29,30)31-16-24(28)25(19-6-4-3-5-7-19)27-15-18(2)22-14-20(26)10-13-23(22)27/h3-15,24-25,28H,16H2,1-2H3. The van der Waals surface area contributed by atoms with Gasteiger partial charge in [-0.3, -0.25) is 4.18 Å². The highest BCUT2D eigenvalue weighted by Crippen LogP contribution is 2.32. The number of rotatable bonds is 7. The van der Waals surface area contributed by atoms with Gasteiger partial charge in [0, 0.05) is 22.1 Å². The Morgan fingerprint density at radius 2 is 1.69 bits per heavy atom. The van der Waals surface area contributed by atoms with Crippen LogP contribution in [-0.2, 0) is 14.3 Å². The minimum atomic E-state index is -4.00. The van der Waals surface area contributed by atoms with E-state index >= 15 is 0 Å². The second-order valence-electron chi connectivity index (χ2n) is 7.86. The molecule has 7 heteroatoms. The average Bonchev–Trinajstić information content (AvgIpc) is 3.09. The molecule has 0 saturated carbocycles. The lowest BCUT2D eigenvalue weighted by Crippen LogP contribution is -2.30. The molecule has 1 N–H and O–H groups in total. The van der Waals surface area contributed by atoms with Crippen molar-refractivity contribution in [3.05, 3.63) is 101 Å². The van der Waals surface area contributed by atoms with Crippen molar-refractivity contribution in [1.82, 2.24) is 4.57 Å². The Balaban J connectivity index is 1.68. The average molecular weight is 470 g/mol. The first kappa shape index (κ1) is 22.6. The van der Waals surface area contributed by atoms with Gasteiger partial charge in [-0.2, -0.15) is 8.42 Å². The van der Waals surface area contributed by atoms with Crippen molar-refractivity contribution in [2.75, 3.05) is 6.61 Å². The normalized spacial score (nSPS) is 13.9. The van der Waals surface area contributed by atoms with Crippen molar-refractivity contribution >= 4 is 32.6 Å². The molecular weight excluding hydrogens is 446 g/mol. The van der Waals surface area contributed by atoms with E-state index in [-0.39, 0.29) is 11.5 Å². The fourth-order valence-corrected chi connectivity index (χ4v) is 4.97. The predicted molar refractivity (Wildman–Crippen MR) is 127 cm³/mol. The summed E-state index contributed by atoms with van der Waals surface area (Å²) in [6.07, 6.45) is 0.819. The zero-order valence-electron chi connectivity index (χ0n) is 17.8. The van der Waals surface area contributed by atoms with Gasteiger partial charge in [0.1, 0.15) is 6.10 Å². The van der Waals surface area contributed by atoms with Crippen molar-refractivity contribution in [2.24, 2.45) is 0 Å². The zero-order chi connectivity index (χ0) is 22.9. The van der Waals surface area contributed by atoms with Gasteiger partial charge in [0.05, 0.1) is 17.5 Å². The van der Waals surface area contributed by atoms with Gasteiger partial charge < -0.3 is 9.67 Å². The summed E-state index contributed by atoms with van der Waals surface area (Å²) in [5, 5.41) is 12.8. The number of hydrogen-bond donors (Lipinski definition) is 1. The van der Waals surface area contributed by atoms with Gasteiger partial charge in [0.25, 0.3) is 10.1 Å². The van der Waals surface area contributed by atoms with Gasteiger partial charge in [0.2, 0.25) is 0 Å². The van der Waals surface area contributed by atoms with E-state index in [9.17, 15) is 13.5 Å². The van der Waals surface area contributed by atoms with Crippen LogP contribution < -0.4 is 0 Å². The molecule has 0 radical (unpaired) electrons. The molecule has 0 saturated heterocycles. The predicted octanol–water partition coefficient (Wildman–Crippen LogP) is 5.27. The van der Waals surface area contributed by atoms with Gasteiger partial charge in [0.15, 0.2) is 0 Å². The summed E-state index contributed by atoms with van der Waals surface area (Å²) in [4.78, 5) is 0.0588. The van der Waals surface area contributed by atoms with E-state index < -0.39 is 22.3 Å². The fourth-order valence-electron chi connectivity index (χ4n) is 3.87. The molecular formula is C25H24ClNO4S. The van der Waals surface area contributed by atoms with E-state index in [4.69, 9.17) is 15.8 Å². The van der Waals surface area contributed by atoms with Crippen molar-refractivity contribution in [2.45, 2.75) is 30.9 Å². The molecule has 1 aromatic heterocycles. The van der Waals surface area contributed by atoms with Crippen molar-refractivity contribution in [3.63, 3.8) is 0 Å². The summed E-state index contributed by atoms with van der Waals surface area (Å²) in [5.74, 6) is 0. The molecule has 5 nitrogen and oxygen atoms in total. The maximum Gasteiger partial charge on any atom is 0.297 e. The third-order valence-corrected chi connectivity index (χ3v) is 7.03. The molecule has 4 rings (SSSR count). The Kier molecular flexibility index (Phi) is 6.40. The summed E-state index contributed by atoms with van der Waals surface area (Å²) in [7, 11) is -4.00. The number of hydrogen-bond acceptors (Lipinski definition) is 4. The Bertz CT molecular complexity index is 1330. The molecule has 0 fully saturated rings. The highest BCUT2D eigenvalue weighted by Gasteiger charge is 2.27. The monoisotopic (exact) mass is 469 g/mol. The zero-order valence-corrected chi connectivity index (χ0v) is 19.3. The van der Waals surface area contributed by atoms with Gasteiger partial charge in [-0.15, -0.1) is 0 Å². The van der Waals surface area contributed by atoms with Gasteiger partial charge in [-0.25, -0.2) is 0 Å². The molecule has 0 amide bonds. The lowest BCUT2D eigenvalue weighted by molar-refractivity contribution is 0.0785. The lowest BCUT2D eigenvalue weighted by atomic mass is 10.0. The Morgan fingerprint density at radius 3 is 2.38 bits per heavy atom. The second-order valence-corrected chi connectivity index (χ2v) is 9.91. The third kappa shape index (κ3) is 4.59. The number of fused-ring (bicyclic) bond motifs is 1. The number of nitrogens with zero attached hydrogens (tertiary/aromatic N) is 1. The summed E-state index contributed by atoms with van der Waals surface area (Å²) in [6.45, 7) is 3.46. The lowest BCUT2D eigenvalue weighted by Gasteiger charge is -2.26. The largest absolute Gasteiger partial charge is 0.388 e. The first-order chi connectivity index (χ1) is 15.3. The first-order valence-electron chi connectivity index (χ1n) is 10.2. The number of aryl methyl sites for hydroxylation is 2. The smallest absolute Gasteiger partial charge is 0.297 e. The van der Waals surface area contributed by atoms with Crippen LogP contribution >= 0.6 is 11.6 Å². The summed E-state index contributed by atoms with van der Waals surface area (Å²) in [5.41, 5.74) is 3.68. The van der Waals surface area contributed by atoms with E-state index in [2.05, 4.69) is 0 Å². The maximum absolute atomic E-state index is 12.6. The molecule has 0 aliphatic rings. The summed E-state index contributed by atoms with van der Waals surface area (Å²) in [6, 6.07) is 20.9. The fraction of sp³-hybridized carbons (Fsp3) is 0.200. The summed E-state index contributed by atoms with van der Waals surface area (Å²) < 4.78 is 32.5. The van der Waals surface area contributed by atoms with Crippen LogP contribution in [0.25, 0.3) is 10.9 Å². The molecule has 32 heavy (non-hydrogen) atoms. The number of aliphatic hydroxyl groups excluding tert-OH is 1. The van der Waals surface area contributed by atoms with Gasteiger partial charge >= 0.3 is 0 Å². The number of aromatic nitrogens is 1. The number of aliphatic hydroxyl groups is 1. The van der Waals surface area contributed by atoms with Crippen molar-refractivity contribution in [3.8, 4) is 0 Å². The Hall–Kier alpha value is -2.64. The quantitative estimate of drug-likeness (QED) is 0.374. The van der Waals surface area contributed by atoms with Gasteiger partial charge in [-0.1, -0.05) is 59.6 Å². The van der Waals surface area contributed by atoms with Crippen LogP contribution in [0.15, 0.2) is 83.9 Å². The Labute approximate surface area is 193 Å². The van der Waals surface area contributed by atoms with E-state index in [0.717, 1.165) is 27.6 Å². The minimum absolute atomic E-state index is 0.0588. The third-order valence-electron chi connectivity index (χ3n) is 5.50. The van der Waals surface area contributed by atoms with Crippen LogP contribution in [0.3, 0.4) is 0 Å². The molecule has 166 valence electrons. The van der Waals surface area contributed by atoms with E-state index in [1.807, 2.05) is 67.1 Å². The van der Waals surface area contributed by atoms with Crippen LogP contribution in [0.1, 0.15) is 22.7 Å². The molecule has 0 aliphatic carbocycles. The van der Waals surface area contributed by atoms with Crippen molar-refractivity contribution < 1.29 is 17.7 Å². The van der Waals surface area contributed by atoms with Crippen LogP contribution in [0.2, 0.25) is 5.02 Å². The highest BCUT2D eigenvalue weighted by atomic mass is 35.5. The van der Waals surface area contributed by atoms with Crippen LogP contribution in [0, 0.1) is 13.8 Å². The van der Waals surface area contributed by atoms with Gasteiger partial charge in [-0.05, 0) is 55.3 Å². The number of benzene rings is 3. The Morgan fingerprint density at radius 1 is 1.00 bits per heavy atom. The molecule has 0 spiro atoms. The van der Waals surface area contributed by atoms with Crippen LogP contribution in [-0.4, -0.2) is 30.8 Å². The summed E-state index contributed by atoms with van der Waals surface area (Å²) >= 11 is 6.18. The van der Waals surface area contributed by atoms with Crippen LogP contribution in [0.5, 0.6) is 0 Å². The molecule has 2 atom stereocenters. The molecule has 4 aromatic rings. The second kappa shape index (κ2) is 9.08. The molecule has 0 aliphatic heterocycles. The molecule has 2 unspecified atom stereocenters. The van der Waals surface area contributed by atoms with Crippen LogP contribution in [0.4, 0.5) is 0 Å². The number of halogens is 1. The molecule has 0 bridgehead atoms. The van der Waals surface area contributed by atoms with E-state index in [0.29, 0.717) is 5.02 Å². The maximum atomic E-state index is 12.6. The SMILES string of the molecule is Cc1ccc(S(=O)(=O)OCC(O)C(c2ccccc2)n2cc(C)c3cc(Cl)ccc32)cc1.